The molecule has 0 amide bonds. The summed E-state index contributed by atoms with van der Waals surface area (Å²) in [6, 6.07) is 8.71. The maximum atomic E-state index is 3.98. The average Bonchev–Trinajstić information content (AvgIpc) is 2.79. The van der Waals surface area contributed by atoms with Gasteiger partial charge in [-0.15, -0.1) is 16.9 Å². The lowest BCUT2D eigenvalue weighted by Crippen LogP contribution is -2.21. The molecule has 5 heteroatoms. The van der Waals surface area contributed by atoms with E-state index in [1.807, 2.05) is 36.7 Å². The fourth-order valence-corrected chi connectivity index (χ4v) is 2.98. The highest BCUT2D eigenvalue weighted by Crippen LogP contribution is 2.26. The van der Waals surface area contributed by atoms with Crippen molar-refractivity contribution in [3.05, 3.63) is 41.7 Å². The molecule has 0 radical (unpaired) electrons. The van der Waals surface area contributed by atoms with Crippen molar-refractivity contribution in [1.29, 1.82) is 0 Å². The Morgan fingerprint density at radius 1 is 1.39 bits per heavy atom. The van der Waals surface area contributed by atoms with Crippen LogP contribution < -0.4 is 5.32 Å². The Balaban J connectivity index is 2.05. The molecule has 1 unspecified atom stereocenters. The fraction of sp³-hybridized carbons (Fsp3) is 0.385. The molecule has 2 rings (SSSR count). The quantitative estimate of drug-likeness (QED) is 0.839. The van der Waals surface area contributed by atoms with Gasteiger partial charge in [-0.2, -0.15) is 0 Å². The lowest BCUT2D eigenvalue weighted by Gasteiger charge is -2.16. The van der Waals surface area contributed by atoms with Gasteiger partial charge in [0.15, 0.2) is 0 Å². The van der Waals surface area contributed by atoms with Crippen molar-refractivity contribution in [3.63, 3.8) is 0 Å². The zero-order chi connectivity index (χ0) is 13.0. The van der Waals surface area contributed by atoms with Crippen LogP contribution in [0.1, 0.15) is 17.3 Å². The zero-order valence-corrected chi connectivity index (χ0v) is 11.7. The number of aromatic nitrogens is 3. The van der Waals surface area contributed by atoms with Gasteiger partial charge in [-0.25, -0.2) is 0 Å². The summed E-state index contributed by atoms with van der Waals surface area (Å²) >= 11 is 1.86. The minimum absolute atomic E-state index is 0.259. The predicted molar refractivity (Wildman–Crippen MR) is 74.7 cm³/mol. The first-order valence-corrected chi connectivity index (χ1v) is 6.91. The zero-order valence-electron chi connectivity index (χ0n) is 10.9. The van der Waals surface area contributed by atoms with E-state index in [1.165, 1.54) is 10.5 Å². The number of nitrogens with one attached hydrogen (secondary N) is 1. The van der Waals surface area contributed by atoms with Gasteiger partial charge in [0, 0.05) is 17.7 Å². The molecular weight excluding hydrogens is 244 g/mol. The van der Waals surface area contributed by atoms with Crippen molar-refractivity contribution in [2.45, 2.75) is 17.9 Å². The van der Waals surface area contributed by atoms with Gasteiger partial charge in [0.2, 0.25) is 0 Å². The van der Waals surface area contributed by atoms with Crippen LogP contribution in [0, 0.1) is 6.92 Å². The molecule has 0 spiro atoms. The van der Waals surface area contributed by atoms with Crippen LogP contribution >= 0.6 is 11.8 Å². The summed E-state index contributed by atoms with van der Waals surface area (Å²) in [5, 5.41) is 11.2. The summed E-state index contributed by atoms with van der Waals surface area (Å²) in [7, 11) is 3.89. The Morgan fingerprint density at radius 2 is 2.17 bits per heavy atom. The number of thioether (sulfide) groups is 1. The van der Waals surface area contributed by atoms with E-state index in [1.54, 1.807) is 0 Å². The van der Waals surface area contributed by atoms with Crippen LogP contribution in [0.15, 0.2) is 35.4 Å². The van der Waals surface area contributed by atoms with E-state index >= 15 is 0 Å². The average molecular weight is 262 g/mol. The van der Waals surface area contributed by atoms with Crippen molar-refractivity contribution in [2.75, 3.05) is 12.8 Å². The first-order chi connectivity index (χ1) is 8.72. The number of hydrogen-bond acceptors (Lipinski definition) is 4. The van der Waals surface area contributed by atoms with Crippen LogP contribution in [-0.2, 0) is 7.05 Å². The minimum atomic E-state index is 0.259. The van der Waals surface area contributed by atoms with Crippen LogP contribution in [0.5, 0.6) is 0 Å². The highest BCUT2D eigenvalue weighted by Gasteiger charge is 2.14. The molecule has 2 aromatic rings. The second kappa shape index (κ2) is 6.02. The van der Waals surface area contributed by atoms with E-state index in [0.717, 1.165) is 11.4 Å². The van der Waals surface area contributed by atoms with E-state index < -0.39 is 0 Å². The van der Waals surface area contributed by atoms with E-state index in [9.17, 15) is 0 Å². The molecule has 96 valence electrons. The molecule has 1 N–H and O–H groups in total. The van der Waals surface area contributed by atoms with Crippen molar-refractivity contribution in [3.8, 4) is 0 Å². The lowest BCUT2D eigenvalue weighted by molar-refractivity contribution is 0.580. The maximum Gasteiger partial charge on any atom is 0.0761 e. The first kappa shape index (κ1) is 13.1. The first-order valence-electron chi connectivity index (χ1n) is 5.92. The van der Waals surface area contributed by atoms with Crippen molar-refractivity contribution in [1.82, 2.24) is 20.3 Å². The summed E-state index contributed by atoms with van der Waals surface area (Å²) in [5.41, 5.74) is 2.43. The third-order valence-corrected chi connectivity index (χ3v) is 4.22. The van der Waals surface area contributed by atoms with Gasteiger partial charge in [0.05, 0.1) is 17.9 Å². The predicted octanol–water partition coefficient (Wildman–Crippen LogP) is 2.18. The van der Waals surface area contributed by atoms with E-state index in [4.69, 9.17) is 0 Å². The Kier molecular flexibility index (Phi) is 4.38. The van der Waals surface area contributed by atoms with Crippen LogP contribution in [0.25, 0.3) is 0 Å². The SMILES string of the molecule is CNC(CSc1ccccc1C)c1cnnn1C. The smallest absolute Gasteiger partial charge is 0.0761 e. The van der Waals surface area contributed by atoms with Gasteiger partial charge < -0.3 is 5.32 Å². The number of benzene rings is 1. The van der Waals surface area contributed by atoms with Gasteiger partial charge in [0.1, 0.15) is 0 Å². The molecule has 0 fully saturated rings. The maximum absolute atomic E-state index is 3.98. The van der Waals surface area contributed by atoms with Crippen LogP contribution in [0.4, 0.5) is 0 Å². The third-order valence-electron chi connectivity index (χ3n) is 2.95. The van der Waals surface area contributed by atoms with Gasteiger partial charge in [-0.3, -0.25) is 4.68 Å². The number of rotatable bonds is 5. The summed E-state index contributed by atoms with van der Waals surface area (Å²) in [4.78, 5) is 1.33. The molecule has 0 saturated carbocycles. The van der Waals surface area contributed by atoms with Crippen molar-refractivity contribution in [2.24, 2.45) is 7.05 Å². The van der Waals surface area contributed by atoms with Crippen LogP contribution in [-0.4, -0.2) is 27.8 Å². The highest BCUT2D eigenvalue weighted by molar-refractivity contribution is 7.99. The molecule has 1 atom stereocenters. The van der Waals surface area contributed by atoms with Crippen LogP contribution in [0.3, 0.4) is 0 Å². The lowest BCUT2D eigenvalue weighted by atomic mass is 10.2. The van der Waals surface area contributed by atoms with Gasteiger partial charge in [-0.05, 0) is 25.6 Å². The monoisotopic (exact) mass is 262 g/mol. The van der Waals surface area contributed by atoms with E-state index in [0.29, 0.717) is 0 Å². The molecule has 0 bridgehead atoms. The van der Waals surface area contributed by atoms with Crippen LogP contribution in [0.2, 0.25) is 0 Å². The van der Waals surface area contributed by atoms with Gasteiger partial charge >= 0.3 is 0 Å². The Morgan fingerprint density at radius 3 is 2.78 bits per heavy atom. The second-order valence-electron chi connectivity index (χ2n) is 4.20. The topological polar surface area (TPSA) is 42.7 Å². The Hall–Kier alpha value is -1.33. The van der Waals surface area contributed by atoms with Gasteiger partial charge in [-0.1, -0.05) is 23.4 Å². The summed E-state index contributed by atoms with van der Waals surface area (Å²) in [6.07, 6.45) is 1.82. The number of nitrogens with zero attached hydrogens (tertiary/aromatic N) is 3. The van der Waals surface area contributed by atoms with E-state index in [-0.39, 0.29) is 6.04 Å². The number of hydrogen-bond donors (Lipinski definition) is 1. The number of aryl methyl sites for hydroxylation is 2. The summed E-state index contributed by atoms with van der Waals surface area (Å²) < 4.78 is 1.82. The second-order valence-corrected chi connectivity index (χ2v) is 5.26. The summed E-state index contributed by atoms with van der Waals surface area (Å²) in [6.45, 7) is 2.14. The molecule has 0 aliphatic heterocycles. The molecule has 4 nitrogen and oxygen atoms in total. The molecule has 18 heavy (non-hydrogen) atoms. The molecule has 0 aliphatic rings. The molecular formula is C13H18N4S. The summed E-state index contributed by atoms with van der Waals surface area (Å²) in [5.74, 6) is 0.961. The third kappa shape index (κ3) is 2.91. The molecule has 1 heterocycles. The molecule has 1 aromatic carbocycles. The standard InChI is InChI=1S/C13H18N4S/c1-10-6-4-5-7-13(10)18-9-11(14-2)12-8-15-16-17(12)3/h4-8,11,14H,9H2,1-3H3. The normalized spacial score (nSPS) is 12.6. The molecule has 0 aliphatic carbocycles. The Labute approximate surface area is 112 Å². The van der Waals surface area contributed by atoms with Crippen molar-refractivity contribution < 1.29 is 0 Å². The molecule has 1 aromatic heterocycles. The highest BCUT2D eigenvalue weighted by atomic mass is 32.2. The fourth-order valence-electron chi connectivity index (χ4n) is 1.82. The van der Waals surface area contributed by atoms with Gasteiger partial charge in [0.25, 0.3) is 0 Å². The van der Waals surface area contributed by atoms with Crippen molar-refractivity contribution >= 4 is 11.8 Å². The Bertz CT molecular complexity index is 509. The largest absolute Gasteiger partial charge is 0.311 e. The van der Waals surface area contributed by atoms with E-state index in [2.05, 4.69) is 46.8 Å². The minimum Gasteiger partial charge on any atom is -0.311 e. The molecule has 0 saturated heterocycles.